The van der Waals surface area contributed by atoms with Crippen LogP contribution in [0.3, 0.4) is 0 Å². The van der Waals surface area contributed by atoms with E-state index in [4.69, 9.17) is 63.1 Å². The van der Waals surface area contributed by atoms with Crippen LogP contribution < -0.4 is 0 Å². The molecule has 0 spiro atoms. The van der Waals surface area contributed by atoms with Gasteiger partial charge in [0.2, 0.25) is 5.95 Å². The van der Waals surface area contributed by atoms with Gasteiger partial charge < -0.3 is 5.11 Å². The van der Waals surface area contributed by atoms with Gasteiger partial charge in [0.25, 0.3) is 0 Å². The Morgan fingerprint density at radius 3 is 1.90 bits per heavy atom. The number of carboxylic acid groups (broad SMARTS) is 1. The topological polar surface area (TPSA) is 50.2 Å². The fourth-order valence-electron chi connectivity index (χ4n) is 1.58. The van der Waals surface area contributed by atoms with Crippen LogP contribution in [-0.4, -0.2) is 16.1 Å². The average molecular weight is 389 g/mol. The molecule has 0 aliphatic heterocycles. The summed E-state index contributed by atoms with van der Waals surface area (Å²) in [6, 6.07) is 1.85. The summed E-state index contributed by atoms with van der Waals surface area (Å²) in [7, 11) is 0. The number of carbonyl (C=O) groups is 1. The van der Waals surface area contributed by atoms with Gasteiger partial charge >= 0.3 is 5.97 Å². The van der Waals surface area contributed by atoms with Crippen molar-refractivity contribution < 1.29 is 14.3 Å². The van der Waals surface area contributed by atoms with E-state index >= 15 is 0 Å². The van der Waals surface area contributed by atoms with Crippen LogP contribution in [0.15, 0.2) is 12.1 Å². The minimum Gasteiger partial charge on any atom is -0.478 e. The molecule has 1 aromatic heterocycles. The molecule has 0 saturated carbocycles. The van der Waals surface area contributed by atoms with E-state index in [-0.39, 0.29) is 41.9 Å². The summed E-state index contributed by atoms with van der Waals surface area (Å²) in [5.41, 5.74) is -0.450. The highest BCUT2D eigenvalue weighted by Crippen LogP contribution is 2.47. The van der Waals surface area contributed by atoms with E-state index in [1.807, 2.05) is 0 Å². The molecule has 0 bridgehead atoms. The normalized spacial score (nSPS) is 10.8. The fourth-order valence-corrected chi connectivity index (χ4v) is 2.91. The molecule has 0 radical (unpaired) electrons. The van der Waals surface area contributed by atoms with Crippen LogP contribution in [0.4, 0.5) is 4.39 Å². The lowest BCUT2D eigenvalue weighted by Crippen LogP contribution is -2.01. The number of benzene rings is 1. The van der Waals surface area contributed by atoms with Gasteiger partial charge in [-0.15, -0.1) is 0 Å². The highest BCUT2D eigenvalue weighted by molar-refractivity contribution is 6.56. The number of pyridine rings is 1. The third kappa shape index (κ3) is 3.05. The SMILES string of the molecule is O=C(O)c1cc(F)nc(-c2c(Cl)c(Cl)c(Cl)c(Cl)c2Cl)c1. The van der Waals surface area contributed by atoms with Gasteiger partial charge in [0.15, 0.2) is 0 Å². The zero-order valence-corrected chi connectivity index (χ0v) is 13.5. The molecule has 9 heteroatoms. The molecule has 0 fully saturated rings. The van der Waals surface area contributed by atoms with Crippen LogP contribution in [0.2, 0.25) is 25.1 Å². The molecule has 2 rings (SSSR count). The minimum absolute atomic E-state index is 0.000247. The summed E-state index contributed by atoms with van der Waals surface area (Å²) in [4.78, 5) is 14.5. The standard InChI is InChI=1S/C12H3Cl5FNO2/c13-7-6(8(14)10(16)11(17)9(7)15)4-1-3(12(20)21)2-5(18)19-4/h1-2H,(H,20,21). The van der Waals surface area contributed by atoms with Crippen molar-refractivity contribution in [2.45, 2.75) is 0 Å². The number of carboxylic acids is 1. The zero-order valence-electron chi connectivity index (χ0n) is 9.73. The second-order valence-corrected chi connectivity index (χ2v) is 5.70. The highest BCUT2D eigenvalue weighted by atomic mass is 35.5. The molecule has 21 heavy (non-hydrogen) atoms. The summed E-state index contributed by atoms with van der Waals surface area (Å²) in [5, 5.41) is 8.48. The average Bonchev–Trinajstić information content (AvgIpc) is 2.42. The van der Waals surface area contributed by atoms with Crippen LogP contribution in [0.5, 0.6) is 0 Å². The lowest BCUT2D eigenvalue weighted by Gasteiger charge is -2.12. The van der Waals surface area contributed by atoms with Crippen LogP contribution in [0, 0.1) is 5.95 Å². The first kappa shape index (κ1) is 16.6. The van der Waals surface area contributed by atoms with Crippen molar-refractivity contribution in [3.8, 4) is 11.3 Å². The second-order valence-electron chi connectivity index (χ2n) is 3.81. The van der Waals surface area contributed by atoms with Crippen molar-refractivity contribution in [2.24, 2.45) is 0 Å². The first-order valence-electron chi connectivity index (χ1n) is 5.16. The monoisotopic (exact) mass is 387 g/mol. The predicted molar refractivity (Wildman–Crippen MR) is 81.6 cm³/mol. The van der Waals surface area contributed by atoms with E-state index in [9.17, 15) is 9.18 Å². The van der Waals surface area contributed by atoms with Gasteiger partial charge in [0, 0.05) is 11.6 Å². The molecule has 3 nitrogen and oxygen atoms in total. The third-order valence-electron chi connectivity index (χ3n) is 2.51. The molecule has 1 heterocycles. The Morgan fingerprint density at radius 2 is 1.43 bits per heavy atom. The second kappa shape index (κ2) is 6.15. The molecule has 110 valence electrons. The van der Waals surface area contributed by atoms with Crippen LogP contribution in [0.1, 0.15) is 10.4 Å². The molecule has 0 saturated heterocycles. The van der Waals surface area contributed by atoms with Crippen molar-refractivity contribution in [3.05, 3.63) is 48.8 Å². The summed E-state index contributed by atoms with van der Waals surface area (Å²) in [5.74, 6) is -2.35. The first-order chi connectivity index (χ1) is 9.73. The van der Waals surface area contributed by atoms with E-state index in [1.54, 1.807) is 0 Å². The Bertz CT molecular complexity index is 737. The van der Waals surface area contributed by atoms with E-state index in [0.717, 1.165) is 12.1 Å². The van der Waals surface area contributed by atoms with Gasteiger partial charge in [-0.05, 0) is 6.07 Å². The maximum absolute atomic E-state index is 13.5. The van der Waals surface area contributed by atoms with E-state index in [0.29, 0.717) is 0 Å². The molecule has 0 atom stereocenters. The minimum atomic E-state index is -1.34. The van der Waals surface area contributed by atoms with Crippen LogP contribution in [-0.2, 0) is 0 Å². The predicted octanol–water partition coefficient (Wildman–Crippen LogP) is 5.85. The largest absolute Gasteiger partial charge is 0.478 e. The van der Waals surface area contributed by atoms with Crippen molar-refractivity contribution in [1.29, 1.82) is 0 Å². The number of nitrogens with zero attached hydrogens (tertiary/aromatic N) is 1. The number of aromatic carboxylic acids is 1. The lowest BCUT2D eigenvalue weighted by atomic mass is 10.1. The number of rotatable bonds is 2. The number of hydrogen-bond acceptors (Lipinski definition) is 2. The van der Waals surface area contributed by atoms with E-state index in [2.05, 4.69) is 4.98 Å². The molecule has 2 aromatic rings. The van der Waals surface area contributed by atoms with Gasteiger partial charge in [-0.2, -0.15) is 4.39 Å². The Hall–Kier alpha value is -0.780. The number of halogens is 6. The smallest absolute Gasteiger partial charge is 0.335 e. The van der Waals surface area contributed by atoms with Crippen molar-refractivity contribution >= 4 is 64.0 Å². The molecular weight excluding hydrogens is 386 g/mol. The highest BCUT2D eigenvalue weighted by Gasteiger charge is 2.22. The molecule has 1 N–H and O–H groups in total. The molecule has 1 aromatic carbocycles. The summed E-state index contributed by atoms with van der Waals surface area (Å²) in [6.07, 6.45) is 0. The molecule has 0 aliphatic carbocycles. The Balaban J connectivity index is 2.82. The van der Waals surface area contributed by atoms with Gasteiger partial charge in [0.1, 0.15) is 0 Å². The molecule has 0 aliphatic rings. The van der Waals surface area contributed by atoms with Crippen LogP contribution >= 0.6 is 58.0 Å². The fraction of sp³-hybridized carbons (Fsp3) is 0. The van der Waals surface area contributed by atoms with Gasteiger partial charge in [-0.25, -0.2) is 9.78 Å². The van der Waals surface area contributed by atoms with Gasteiger partial charge in [0.05, 0.1) is 36.4 Å². The first-order valence-corrected chi connectivity index (χ1v) is 7.05. The maximum Gasteiger partial charge on any atom is 0.335 e. The Morgan fingerprint density at radius 1 is 0.952 bits per heavy atom. The summed E-state index contributed by atoms with van der Waals surface area (Å²) in [6.45, 7) is 0. The zero-order chi connectivity index (χ0) is 15.9. The summed E-state index contributed by atoms with van der Waals surface area (Å²) < 4.78 is 13.5. The van der Waals surface area contributed by atoms with E-state index in [1.165, 1.54) is 0 Å². The summed E-state index contributed by atoms with van der Waals surface area (Å²) >= 11 is 29.7. The Kier molecular flexibility index (Phi) is 4.85. The maximum atomic E-state index is 13.5. The quantitative estimate of drug-likeness (QED) is 0.398. The van der Waals surface area contributed by atoms with Crippen molar-refractivity contribution in [3.63, 3.8) is 0 Å². The third-order valence-corrected chi connectivity index (χ3v) is 4.78. The van der Waals surface area contributed by atoms with Gasteiger partial charge in [-0.3, -0.25) is 0 Å². The molecular formula is C12H3Cl5FNO2. The molecule has 0 unspecified atom stereocenters. The van der Waals surface area contributed by atoms with Crippen molar-refractivity contribution in [1.82, 2.24) is 4.98 Å². The molecule has 0 amide bonds. The van der Waals surface area contributed by atoms with Crippen molar-refractivity contribution in [2.75, 3.05) is 0 Å². The lowest BCUT2D eigenvalue weighted by molar-refractivity contribution is 0.0696. The van der Waals surface area contributed by atoms with Gasteiger partial charge in [-0.1, -0.05) is 58.0 Å². The van der Waals surface area contributed by atoms with E-state index < -0.39 is 11.9 Å². The van der Waals surface area contributed by atoms with Crippen LogP contribution in [0.25, 0.3) is 11.3 Å². The number of hydrogen-bond donors (Lipinski definition) is 1. The Labute approximate surface area is 143 Å². The number of aromatic nitrogens is 1.